The van der Waals surface area contributed by atoms with Gasteiger partial charge in [-0.05, 0) is 65.8 Å². The van der Waals surface area contributed by atoms with E-state index in [-0.39, 0.29) is 11.5 Å². The van der Waals surface area contributed by atoms with Gasteiger partial charge < -0.3 is 10.4 Å². The van der Waals surface area contributed by atoms with Gasteiger partial charge in [0.05, 0.1) is 11.9 Å². The highest BCUT2D eigenvalue weighted by Crippen LogP contribution is 2.28. The molecule has 2 N–H and O–H groups in total. The van der Waals surface area contributed by atoms with E-state index >= 15 is 0 Å². The van der Waals surface area contributed by atoms with Crippen molar-refractivity contribution < 1.29 is 13.5 Å². The molecule has 1 aliphatic heterocycles. The standard InChI is InChI=1S/C15H32N2O3S/c1-14(2,3)16-9-8-15(4,18)11-13-7-6-10-17(12-13)21(5,19)20/h13,16,18H,6-12H2,1-5H3. The number of sulfonamides is 1. The summed E-state index contributed by atoms with van der Waals surface area (Å²) in [6, 6.07) is 0. The Morgan fingerprint density at radius 2 is 1.90 bits per heavy atom. The lowest BCUT2D eigenvalue weighted by Crippen LogP contribution is -2.43. The van der Waals surface area contributed by atoms with Gasteiger partial charge in [0.2, 0.25) is 10.0 Å². The molecular formula is C15H32N2O3S. The molecule has 6 heteroatoms. The Balaban J connectivity index is 2.47. The zero-order chi connectivity index (χ0) is 16.3. The molecule has 0 spiro atoms. The molecule has 0 aromatic heterocycles. The molecule has 1 saturated heterocycles. The molecule has 5 nitrogen and oxygen atoms in total. The third kappa shape index (κ3) is 7.58. The van der Waals surface area contributed by atoms with Crippen LogP contribution in [0.1, 0.15) is 53.4 Å². The van der Waals surface area contributed by atoms with E-state index in [4.69, 9.17) is 0 Å². The smallest absolute Gasteiger partial charge is 0.211 e. The summed E-state index contributed by atoms with van der Waals surface area (Å²) in [5, 5.41) is 13.9. The summed E-state index contributed by atoms with van der Waals surface area (Å²) in [6.45, 7) is 10.1. The second-order valence-corrected chi connectivity index (χ2v) is 9.74. The molecule has 0 amide bonds. The number of piperidine rings is 1. The lowest BCUT2D eigenvalue weighted by Gasteiger charge is -2.35. The fourth-order valence-corrected chi connectivity index (χ4v) is 3.87. The Kier molecular flexibility index (Phi) is 6.24. The van der Waals surface area contributed by atoms with Crippen LogP contribution in [0.15, 0.2) is 0 Å². The van der Waals surface area contributed by atoms with Crippen LogP contribution in [0.4, 0.5) is 0 Å². The number of rotatable bonds is 6. The summed E-state index contributed by atoms with van der Waals surface area (Å²) < 4.78 is 24.8. The lowest BCUT2D eigenvalue weighted by molar-refractivity contribution is 0.0164. The van der Waals surface area contributed by atoms with Crippen molar-refractivity contribution in [2.24, 2.45) is 5.92 Å². The quantitative estimate of drug-likeness (QED) is 0.779. The van der Waals surface area contributed by atoms with Crippen LogP contribution >= 0.6 is 0 Å². The monoisotopic (exact) mass is 320 g/mol. The largest absolute Gasteiger partial charge is 0.390 e. The highest BCUT2D eigenvalue weighted by atomic mass is 32.2. The Hall–Kier alpha value is -0.170. The molecule has 0 saturated carbocycles. The van der Waals surface area contributed by atoms with Crippen molar-refractivity contribution in [2.75, 3.05) is 25.9 Å². The number of nitrogens with zero attached hydrogens (tertiary/aromatic N) is 1. The van der Waals surface area contributed by atoms with Crippen LogP contribution in [0.25, 0.3) is 0 Å². The van der Waals surface area contributed by atoms with Gasteiger partial charge in [-0.25, -0.2) is 12.7 Å². The molecular weight excluding hydrogens is 288 g/mol. The topological polar surface area (TPSA) is 69.6 Å². The predicted octanol–water partition coefficient (Wildman–Crippen LogP) is 1.58. The molecule has 1 aliphatic rings. The maximum atomic E-state index is 11.6. The molecule has 1 heterocycles. The molecule has 1 fully saturated rings. The number of nitrogens with one attached hydrogen (secondary N) is 1. The van der Waals surface area contributed by atoms with Crippen LogP contribution in [0.3, 0.4) is 0 Å². The summed E-state index contributed by atoms with van der Waals surface area (Å²) in [7, 11) is -3.11. The van der Waals surface area contributed by atoms with Crippen LogP contribution < -0.4 is 5.32 Å². The summed E-state index contributed by atoms with van der Waals surface area (Å²) >= 11 is 0. The molecule has 1 rings (SSSR count). The van der Waals surface area contributed by atoms with Gasteiger partial charge in [0.15, 0.2) is 0 Å². The van der Waals surface area contributed by atoms with Crippen molar-refractivity contribution in [3.8, 4) is 0 Å². The number of hydrogen-bond acceptors (Lipinski definition) is 4. The number of hydrogen-bond donors (Lipinski definition) is 2. The lowest BCUT2D eigenvalue weighted by atomic mass is 9.85. The maximum Gasteiger partial charge on any atom is 0.211 e. The van der Waals surface area contributed by atoms with Gasteiger partial charge in [-0.3, -0.25) is 0 Å². The van der Waals surface area contributed by atoms with Gasteiger partial charge in [0.25, 0.3) is 0 Å². The molecule has 0 aromatic carbocycles. The average Bonchev–Trinajstić information content (AvgIpc) is 2.25. The van der Waals surface area contributed by atoms with Crippen molar-refractivity contribution in [1.29, 1.82) is 0 Å². The first-order chi connectivity index (χ1) is 9.39. The Bertz CT molecular complexity index is 427. The third-order valence-electron chi connectivity index (χ3n) is 4.00. The van der Waals surface area contributed by atoms with Crippen molar-refractivity contribution in [3.63, 3.8) is 0 Å². The molecule has 2 unspecified atom stereocenters. The second kappa shape index (κ2) is 6.94. The van der Waals surface area contributed by atoms with Crippen molar-refractivity contribution in [2.45, 2.75) is 64.5 Å². The van der Waals surface area contributed by atoms with Crippen molar-refractivity contribution in [1.82, 2.24) is 9.62 Å². The van der Waals surface area contributed by atoms with E-state index in [9.17, 15) is 13.5 Å². The predicted molar refractivity (Wildman–Crippen MR) is 86.8 cm³/mol. The van der Waals surface area contributed by atoms with Crippen LogP contribution in [-0.4, -0.2) is 54.9 Å². The highest BCUT2D eigenvalue weighted by molar-refractivity contribution is 7.88. The number of aliphatic hydroxyl groups is 1. The fraction of sp³-hybridized carbons (Fsp3) is 1.00. The minimum Gasteiger partial charge on any atom is -0.390 e. The summed E-state index contributed by atoms with van der Waals surface area (Å²) in [5.41, 5.74) is -0.697. The van der Waals surface area contributed by atoms with Crippen molar-refractivity contribution in [3.05, 3.63) is 0 Å². The first kappa shape index (κ1) is 18.9. The Morgan fingerprint density at radius 3 is 2.43 bits per heavy atom. The molecule has 2 atom stereocenters. The van der Waals surface area contributed by atoms with E-state index in [0.717, 1.165) is 19.4 Å². The fourth-order valence-electron chi connectivity index (χ4n) is 2.93. The van der Waals surface area contributed by atoms with Gasteiger partial charge in [0.1, 0.15) is 0 Å². The van der Waals surface area contributed by atoms with Crippen LogP contribution in [0, 0.1) is 5.92 Å². The van der Waals surface area contributed by atoms with E-state index in [1.165, 1.54) is 6.26 Å². The van der Waals surface area contributed by atoms with Gasteiger partial charge >= 0.3 is 0 Å². The normalized spacial score (nSPS) is 24.8. The summed E-state index contributed by atoms with van der Waals surface area (Å²) in [4.78, 5) is 0. The Morgan fingerprint density at radius 1 is 1.29 bits per heavy atom. The molecule has 0 aliphatic carbocycles. The van der Waals surface area contributed by atoms with Crippen LogP contribution in [-0.2, 0) is 10.0 Å². The summed E-state index contributed by atoms with van der Waals surface area (Å²) in [5.74, 6) is 0.248. The molecule has 126 valence electrons. The van der Waals surface area contributed by atoms with Gasteiger partial charge in [-0.2, -0.15) is 0 Å². The Labute approximate surface area is 130 Å². The first-order valence-corrected chi connectivity index (χ1v) is 9.66. The van der Waals surface area contributed by atoms with Crippen molar-refractivity contribution >= 4 is 10.0 Å². The molecule has 21 heavy (non-hydrogen) atoms. The first-order valence-electron chi connectivity index (χ1n) is 7.82. The maximum absolute atomic E-state index is 11.6. The third-order valence-corrected chi connectivity index (χ3v) is 5.27. The molecule has 0 bridgehead atoms. The summed E-state index contributed by atoms with van der Waals surface area (Å²) in [6.07, 6.45) is 4.48. The van der Waals surface area contributed by atoms with Gasteiger partial charge in [-0.15, -0.1) is 0 Å². The van der Waals surface area contributed by atoms with E-state index in [1.54, 1.807) is 4.31 Å². The molecule has 0 aromatic rings. The van der Waals surface area contributed by atoms with E-state index < -0.39 is 15.6 Å². The van der Waals surface area contributed by atoms with Crippen LogP contribution in [0.2, 0.25) is 0 Å². The molecule has 0 radical (unpaired) electrons. The van der Waals surface area contributed by atoms with Gasteiger partial charge in [0, 0.05) is 18.6 Å². The minimum absolute atomic E-state index is 0.0496. The highest BCUT2D eigenvalue weighted by Gasteiger charge is 2.31. The van der Waals surface area contributed by atoms with Gasteiger partial charge in [-0.1, -0.05) is 0 Å². The van der Waals surface area contributed by atoms with E-state index in [0.29, 0.717) is 25.9 Å². The average molecular weight is 320 g/mol. The SMILES string of the molecule is CC(O)(CCNC(C)(C)C)CC1CCCN(S(C)(=O)=O)C1. The van der Waals surface area contributed by atoms with Crippen LogP contribution in [0.5, 0.6) is 0 Å². The zero-order valence-electron chi connectivity index (χ0n) is 14.1. The van der Waals surface area contributed by atoms with E-state index in [1.807, 2.05) is 6.92 Å². The minimum atomic E-state index is -3.11. The zero-order valence-corrected chi connectivity index (χ0v) is 15.0. The second-order valence-electron chi connectivity index (χ2n) is 7.76. The van der Waals surface area contributed by atoms with E-state index in [2.05, 4.69) is 26.1 Å².